The van der Waals surface area contributed by atoms with E-state index in [1.165, 1.54) is 6.07 Å². The summed E-state index contributed by atoms with van der Waals surface area (Å²) in [6.45, 7) is -0.236. The van der Waals surface area contributed by atoms with Crippen LogP contribution in [0.15, 0.2) is 71.6 Å². The van der Waals surface area contributed by atoms with Gasteiger partial charge < -0.3 is 10.5 Å². The summed E-state index contributed by atoms with van der Waals surface area (Å²) in [5.41, 5.74) is 6.57. The number of hydrogen-bond donors (Lipinski definition) is 2. The number of nitrogens with one attached hydrogen (secondary N) is 1. The summed E-state index contributed by atoms with van der Waals surface area (Å²) >= 11 is 0. The van der Waals surface area contributed by atoms with Crippen molar-refractivity contribution < 1.29 is 17.9 Å². The van der Waals surface area contributed by atoms with E-state index in [0.717, 1.165) is 16.2 Å². The van der Waals surface area contributed by atoms with Crippen molar-refractivity contribution in [2.45, 2.75) is 17.9 Å². The maximum Gasteiger partial charge on any atom is 0.307 e. The van der Waals surface area contributed by atoms with E-state index in [9.17, 15) is 13.2 Å². The second-order valence-corrected chi connectivity index (χ2v) is 8.63. The standard InChI is InChI=1S/C22H20N4O4S/c23-22-18-7-3-4-8-19(18)25-20(26-22)14-30-21(27)11-12-24-31(28,29)17-10-9-15-5-1-2-6-16(15)13-17/h1-10,13,24H,11-12,14H2,(H2,23,25,26). The minimum atomic E-state index is -3.74. The molecule has 1 aromatic heterocycles. The van der Waals surface area contributed by atoms with E-state index in [2.05, 4.69) is 14.7 Å². The Labute approximate surface area is 179 Å². The average Bonchev–Trinajstić information content (AvgIpc) is 2.77. The van der Waals surface area contributed by atoms with Crippen molar-refractivity contribution in [2.24, 2.45) is 0 Å². The molecule has 31 heavy (non-hydrogen) atoms. The number of carbonyl (C=O) groups excluding carboxylic acids is 1. The first-order valence-electron chi connectivity index (χ1n) is 9.58. The molecule has 0 amide bonds. The van der Waals surface area contributed by atoms with Gasteiger partial charge in [-0.1, -0.05) is 42.5 Å². The fraction of sp³-hybridized carbons (Fsp3) is 0.136. The first kappa shape index (κ1) is 20.7. The van der Waals surface area contributed by atoms with Crippen LogP contribution in [0.2, 0.25) is 0 Å². The summed E-state index contributed by atoms with van der Waals surface area (Å²) in [7, 11) is -3.74. The van der Waals surface area contributed by atoms with E-state index in [4.69, 9.17) is 10.5 Å². The van der Waals surface area contributed by atoms with Gasteiger partial charge in [0.05, 0.1) is 16.8 Å². The first-order chi connectivity index (χ1) is 14.9. The number of nitrogens with two attached hydrogens (primary N) is 1. The number of anilines is 1. The third-order valence-corrected chi connectivity index (χ3v) is 6.15. The summed E-state index contributed by atoms with van der Waals surface area (Å²) in [5.74, 6) is 0.0117. The number of sulfonamides is 1. The normalized spacial score (nSPS) is 11.6. The van der Waals surface area contributed by atoms with Gasteiger partial charge in [-0.3, -0.25) is 4.79 Å². The Hall–Kier alpha value is -3.56. The van der Waals surface area contributed by atoms with Gasteiger partial charge in [0.1, 0.15) is 5.82 Å². The lowest BCUT2D eigenvalue weighted by atomic mass is 10.1. The predicted molar refractivity (Wildman–Crippen MR) is 117 cm³/mol. The topological polar surface area (TPSA) is 124 Å². The fourth-order valence-corrected chi connectivity index (χ4v) is 4.20. The zero-order valence-corrected chi connectivity index (χ0v) is 17.3. The SMILES string of the molecule is Nc1nc(COC(=O)CCNS(=O)(=O)c2ccc3ccccc3c2)nc2ccccc12. The number of para-hydroxylation sites is 1. The molecule has 0 aliphatic carbocycles. The van der Waals surface area contributed by atoms with Gasteiger partial charge in [0.25, 0.3) is 0 Å². The molecule has 3 N–H and O–H groups in total. The molecular formula is C22H20N4O4S. The van der Waals surface area contributed by atoms with Gasteiger partial charge in [-0.25, -0.2) is 23.1 Å². The van der Waals surface area contributed by atoms with Crippen molar-refractivity contribution in [1.29, 1.82) is 0 Å². The number of ether oxygens (including phenoxy) is 1. The maximum atomic E-state index is 12.5. The quantitative estimate of drug-likeness (QED) is 0.427. The van der Waals surface area contributed by atoms with Crippen LogP contribution in [-0.2, 0) is 26.2 Å². The molecule has 0 bridgehead atoms. The summed E-state index contributed by atoms with van der Waals surface area (Å²) in [6.07, 6.45) is -0.129. The van der Waals surface area contributed by atoms with Crippen molar-refractivity contribution in [3.8, 4) is 0 Å². The third kappa shape index (κ3) is 4.79. The Morgan fingerprint density at radius 1 is 0.968 bits per heavy atom. The van der Waals surface area contributed by atoms with Crippen LogP contribution in [0, 0.1) is 0 Å². The molecule has 158 valence electrons. The highest BCUT2D eigenvalue weighted by Gasteiger charge is 2.15. The lowest BCUT2D eigenvalue weighted by molar-refractivity contribution is -0.145. The van der Waals surface area contributed by atoms with E-state index >= 15 is 0 Å². The van der Waals surface area contributed by atoms with E-state index in [1.807, 2.05) is 42.5 Å². The second kappa shape index (κ2) is 8.66. The minimum Gasteiger partial charge on any atom is -0.457 e. The minimum absolute atomic E-state index is 0.0886. The molecule has 0 spiro atoms. The van der Waals surface area contributed by atoms with Gasteiger partial charge in [0.15, 0.2) is 12.4 Å². The van der Waals surface area contributed by atoms with Crippen molar-refractivity contribution in [1.82, 2.24) is 14.7 Å². The van der Waals surface area contributed by atoms with Gasteiger partial charge in [-0.2, -0.15) is 0 Å². The highest BCUT2D eigenvalue weighted by molar-refractivity contribution is 7.89. The number of benzene rings is 3. The van der Waals surface area contributed by atoms with Crippen LogP contribution in [-0.4, -0.2) is 30.9 Å². The van der Waals surface area contributed by atoms with Crippen LogP contribution in [0.5, 0.6) is 0 Å². The number of hydrogen-bond acceptors (Lipinski definition) is 7. The molecule has 0 unspecified atom stereocenters. The molecular weight excluding hydrogens is 416 g/mol. The van der Waals surface area contributed by atoms with Crippen LogP contribution >= 0.6 is 0 Å². The molecule has 8 nitrogen and oxygen atoms in total. The predicted octanol–water partition coefficient (Wildman–Crippen LogP) is 2.78. The second-order valence-electron chi connectivity index (χ2n) is 6.86. The lowest BCUT2D eigenvalue weighted by Crippen LogP contribution is -2.26. The van der Waals surface area contributed by atoms with Gasteiger partial charge in [0.2, 0.25) is 10.0 Å². The Kier molecular flexibility index (Phi) is 5.79. The molecule has 3 aromatic carbocycles. The highest BCUT2D eigenvalue weighted by atomic mass is 32.2. The van der Waals surface area contributed by atoms with Crippen LogP contribution < -0.4 is 10.5 Å². The average molecular weight is 436 g/mol. The summed E-state index contributed by atoms with van der Waals surface area (Å²) < 4.78 is 32.6. The molecule has 0 saturated heterocycles. The van der Waals surface area contributed by atoms with Crippen molar-refractivity contribution in [3.05, 3.63) is 72.6 Å². The molecule has 0 radical (unpaired) electrons. The van der Waals surface area contributed by atoms with Crippen molar-refractivity contribution in [2.75, 3.05) is 12.3 Å². The smallest absolute Gasteiger partial charge is 0.307 e. The number of nitrogen functional groups attached to an aromatic ring is 1. The fourth-order valence-electron chi connectivity index (χ4n) is 3.14. The number of nitrogens with zero attached hydrogens (tertiary/aromatic N) is 2. The van der Waals surface area contributed by atoms with Crippen LogP contribution in [0.25, 0.3) is 21.7 Å². The number of carbonyl (C=O) groups is 1. The first-order valence-corrected chi connectivity index (χ1v) is 11.1. The Morgan fingerprint density at radius 2 is 1.71 bits per heavy atom. The van der Waals surface area contributed by atoms with Crippen LogP contribution in [0.1, 0.15) is 12.2 Å². The molecule has 9 heteroatoms. The zero-order valence-electron chi connectivity index (χ0n) is 16.5. The van der Waals surface area contributed by atoms with Crippen LogP contribution in [0.4, 0.5) is 5.82 Å². The monoisotopic (exact) mass is 436 g/mol. The maximum absolute atomic E-state index is 12.5. The van der Waals surface area contributed by atoms with E-state index in [-0.39, 0.29) is 30.3 Å². The van der Waals surface area contributed by atoms with Crippen molar-refractivity contribution >= 4 is 43.5 Å². The third-order valence-electron chi connectivity index (χ3n) is 4.69. The van der Waals surface area contributed by atoms with E-state index < -0.39 is 16.0 Å². The Balaban J connectivity index is 1.32. The highest BCUT2D eigenvalue weighted by Crippen LogP contribution is 2.19. The number of fused-ring (bicyclic) bond motifs is 2. The summed E-state index contributed by atoms with van der Waals surface area (Å²) in [5, 5.41) is 2.49. The van der Waals surface area contributed by atoms with Crippen LogP contribution in [0.3, 0.4) is 0 Å². The van der Waals surface area contributed by atoms with Gasteiger partial charge in [0, 0.05) is 11.9 Å². The molecule has 4 rings (SSSR count). The molecule has 4 aromatic rings. The largest absolute Gasteiger partial charge is 0.457 e. The molecule has 0 fully saturated rings. The number of esters is 1. The van der Waals surface area contributed by atoms with Gasteiger partial charge in [-0.15, -0.1) is 0 Å². The van der Waals surface area contributed by atoms with Gasteiger partial charge >= 0.3 is 5.97 Å². The molecule has 0 atom stereocenters. The summed E-state index contributed by atoms with van der Waals surface area (Å²) in [6, 6.07) is 19.6. The lowest BCUT2D eigenvalue weighted by Gasteiger charge is -2.09. The number of rotatable bonds is 7. The summed E-state index contributed by atoms with van der Waals surface area (Å²) in [4.78, 5) is 20.6. The number of aromatic nitrogens is 2. The molecule has 0 aliphatic rings. The Bertz CT molecular complexity index is 1370. The van der Waals surface area contributed by atoms with E-state index in [1.54, 1.807) is 18.2 Å². The van der Waals surface area contributed by atoms with Crippen molar-refractivity contribution in [3.63, 3.8) is 0 Å². The molecule has 0 saturated carbocycles. The van der Waals surface area contributed by atoms with E-state index in [0.29, 0.717) is 11.3 Å². The molecule has 0 aliphatic heterocycles. The zero-order chi connectivity index (χ0) is 21.8. The molecule has 1 heterocycles. The Morgan fingerprint density at radius 3 is 2.55 bits per heavy atom. The van der Waals surface area contributed by atoms with Gasteiger partial charge in [-0.05, 0) is 35.0 Å².